The normalized spacial score (nSPS) is 12.0. The van der Waals surface area contributed by atoms with Crippen LogP contribution in [0.5, 0.6) is 0 Å². The average molecular weight is 385 g/mol. The molecule has 6 heteroatoms. The number of sulfonamides is 1. The van der Waals surface area contributed by atoms with Gasteiger partial charge in [0.25, 0.3) is 10.0 Å². The molecule has 0 saturated carbocycles. The molecule has 3 aromatic carbocycles. The second-order valence-corrected chi connectivity index (χ2v) is 7.77. The molecule has 0 aliphatic rings. The maximum absolute atomic E-state index is 12.7. The summed E-state index contributed by atoms with van der Waals surface area (Å²) >= 11 is 5.94. The fourth-order valence-corrected chi connectivity index (χ4v) is 3.42. The van der Waals surface area contributed by atoms with E-state index in [0.29, 0.717) is 10.6 Å². The van der Waals surface area contributed by atoms with Crippen molar-refractivity contribution >= 4 is 33.1 Å². The van der Waals surface area contributed by atoms with Crippen molar-refractivity contribution in [3.63, 3.8) is 0 Å². The van der Waals surface area contributed by atoms with Gasteiger partial charge in [0.15, 0.2) is 5.84 Å². The van der Waals surface area contributed by atoms with Crippen LogP contribution in [-0.2, 0) is 10.0 Å². The van der Waals surface area contributed by atoms with E-state index in [0.717, 1.165) is 11.3 Å². The van der Waals surface area contributed by atoms with Gasteiger partial charge in [0.1, 0.15) is 0 Å². The summed E-state index contributed by atoms with van der Waals surface area (Å²) in [5, 5.41) is 3.66. The number of hydrogen-bond donors (Lipinski definition) is 1. The molecule has 0 aliphatic carbocycles. The molecule has 0 saturated heterocycles. The fraction of sp³-hybridized carbons (Fsp3) is 0.0500. The monoisotopic (exact) mass is 384 g/mol. The molecule has 4 nitrogen and oxygen atoms in total. The second kappa shape index (κ2) is 7.72. The van der Waals surface area contributed by atoms with E-state index in [-0.39, 0.29) is 10.7 Å². The summed E-state index contributed by atoms with van der Waals surface area (Å²) < 4.78 is 29.4. The molecule has 0 bridgehead atoms. The zero-order valence-electron chi connectivity index (χ0n) is 14.1. The Labute approximate surface area is 158 Å². The quantitative estimate of drug-likeness (QED) is 0.514. The number of aryl methyl sites for hydroxylation is 1. The van der Waals surface area contributed by atoms with Crippen molar-refractivity contribution in [3.05, 3.63) is 95.0 Å². The highest BCUT2D eigenvalue weighted by Gasteiger charge is 2.15. The lowest BCUT2D eigenvalue weighted by atomic mass is 10.2. The Kier molecular flexibility index (Phi) is 5.40. The van der Waals surface area contributed by atoms with Crippen LogP contribution in [0.3, 0.4) is 0 Å². The standard InChI is InChI=1S/C20H17ClN2O2S/c1-15-7-13-18(14-8-15)22-20(16-9-11-17(21)12-10-16)23-26(24,25)19-5-3-2-4-6-19/h2-14H,1H3,(H,22,23). The highest BCUT2D eigenvalue weighted by molar-refractivity contribution is 7.90. The van der Waals surface area contributed by atoms with Gasteiger partial charge in [-0.3, -0.25) is 0 Å². The number of anilines is 1. The smallest absolute Gasteiger partial charge is 0.284 e. The molecular formula is C20H17ClN2O2S. The van der Waals surface area contributed by atoms with E-state index in [4.69, 9.17) is 11.6 Å². The summed E-state index contributed by atoms with van der Waals surface area (Å²) in [5.74, 6) is 0.231. The van der Waals surface area contributed by atoms with Gasteiger partial charge in [0.05, 0.1) is 4.90 Å². The summed E-state index contributed by atoms with van der Waals surface area (Å²) in [4.78, 5) is 0.136. The topological polar surface area (TPSA) is 58.5 Å². The zero-order valence-corrected chi connectivity index (χ0v) is 15.6. The van der Waals surface area contributed by atoms with Crippen LogP contribution >= 0.6 is 11.6 Å². The minimum Gasteiger partial charge on any atom is -0.339 e. The zero-order chi connectivity index (χ0) is 18.6. The summed E-state index contributed by atoms with van der Waals surface area (Å²) in [6.45, 7) is 1.98. The molecule has 1 N–H and O–H groups in total. The first-order chi connectivity index (χ1) is 12.4. The van der Waals surface area contributed by atoms with Crippen LogP contribution < -0.4 is 5.32 Å². The molecule has 0 amide bonds. The lowest BCUT2D eigenvalue weighted by Crippen LogP contribution is -2.16. The van der Waals surface area contributed by atoms with Gasteiger partial charge in [0.2, 0.25) is 0 Å². The molecule has 0 unspecified atom stereocenters. The number of rotatable bonds is 4. The molecule has 0 spiro atoms. The van der Waals surface area contributed by atoms with E-state index < -0.39 is 10.0 Å². The Bertz CT molecular complexity index is 1010. The molecule has 0 fully saturated rings. The van der Waals surface area contributed by atoms with Gasteiger partial charge in [-0.15, -0.1) is 4.40 Å². The molecule has 0 aliphatic heterocycles. The third-order valence-corrected chi connectivity index (χ3v) is 5.23. The Morgan fingerprint density at radius 2 is 1.50 bits per heavy atom. The number of halogens is 1. The van der Waals surface area contributed by atoms with Crippen molar-refractivity contribution in [3.8, 4) is 0 Å². The summed E-state index contributed by atoms with van der Waals surface area (Å²) in [6, 6.07) is 22.6. The molecule has 0 heterocycles. The number of amidine groups is 1. The molecule has 0 atom stereocenters. The van der Waals surface area contributed by atoms with Crippen LogP contribution in [0.2, 0.25) is 5.02 Å². The van der Waals surface area contributed by atoms with Gasteiger partial charge in [0, 0.05) is 16.3 Å². The second-order valence-electron chi connectivity index (χ2n) is 5.73. The number of benzene rings is 3. The first kappa shape index (κ1) is 18.2. The van der Waals surface area contributed by atoms with Crippen LogP contribution in [0.25, 0.3) is 0 Å². The van der Waals surface area contributed by atoms with Crippen molar-refractivity contribution in [2.75, 3.05) is 5.32 Å². The predicted molar refractivity (Wildman–Crippen MR) is 106 cm³/mol. The maximum atomic E-state index is 12.7. The molecule has 132 valence electrons. The van der Waals surface area contributed by atoms with Crippen molar-refractivity contribution in [1.82, 2.24) is 0 Å². The fourth-order valence-electron chi connectivity index (χ4n) is 2.29. The average Bonchev–Trinajstić information content (AvgIpc) is 2.64. The molecule has 3 aromatic rings. The van der Waals surface area contributed by atoms with Gasteiger partial charge in [-0.1, -0.05) is 47.5 Å². The predicted octanol–water partition coefficient (Wildman–Crippen LogP) is 4.90. The van der Waals surface area contributed by atoms with Gasteiger partial charge in [-0.25, -0.2) is 0 Å². The van der Waals surface area contributed by atoms with Crippen molar-refractivity contribution in [1.29, 1.82) is 0 Å². The highest BCUT2D eigenvalue weighted by atomic mass is 35.5. The van der Waals surface area contributed by atoms with Crippen molar-refractivity contribution in [2.45, 2.75) is 11.8 Å². The maximum Gasteiger partial charge on any atom is 0.284 e. The van der Waals surface area contributed by atoms with Crippen LogP contribution in [-0.4, -0.2) is 14.3 Å². The molecule has 0 aromatic heterocycles. The largest absolute Gasteiger partial charge is 0.339 e. The lowest BCUT2D eigenvalue weighted by Gasteiger charge is -2.11. The Hall–Kier alpha value is -2.63. The van der Waals surface area contributed by atoms with Crippen molar-refractivity contribution in [2.24, 2.45) is 4.40 Å². The van der Waals surface area contributed by atoms with E-state index in [1.807, 2.05) is 31.2 Å². The summed E-state index contributed by atoms with van der Waals surface area (Å²) in [6.07, 6.45) is 0. The summed E-state index contributed by atoms with van der Waals surface area (Å²) in [7, 11) is -3.85. The SMILES string of the molecule is Cc1ccc(N/C(=N/S(=O)(=O)c2ccccc2)c2ccc(Cl)cc2)cc1. The van der Waals surface area contributed by atoms with E-state index in [9.17, 15) is 8.42 Å². The van der Waals surface area contributed by atoms with Gasteiger partial charge in [-0.2, -0.15) is 8.42 Å². The highest BCUT2D eigenvalue weighted by Crippen LogP contribution is 2.17. The third kappa shape index (κ3) is 4.50. The first-order valence-corrected chi connectivity index (χ1v) is 9.75. The minimum absolute atomic E-state index is 0.136. The van der Waals surface area contributed by atoms with Gasteiger partial charge in [-0.05, 0) is 55.5 Å². The van der Waals surface area contributed by atoms with E-state index in [1.54, 1.807) is 42.5 Å². The number of hydrogen-bond acceptors (Lipinski definition) is 2. The number of nitrogens with zero attached hydrogens (tertiary/aromatic N) is 1. The van der Waals surface area contributed by atoms with Crippen LogP contribution in [0.4, 0.5) is 5.69 Å². The third-order valence-electron chi connectivity index (χ3n) is 3.68. The molecule has 0 radical (unpaired) electrons. The minimum atomic E-state index is -3.85. The summed E-state index contributed by atoms with van der Waals surface area (Å²) in [5.41, 5.74) is 2.47. The number of nitrogens with one attached hydrogen (secondary N) is 1. The van der Waals surface area contributed by atoms with Crippen LogP contribution in [0, 0.1) is 6.92 Å². The van der Waals surface area contributed by atoms with Crippen LogP contribution in [0.1, 0.15) is 11.1 Å². The Morgan fingerprint density at radius 1 is 0.885 bits per heavy atom. The van der Waals surface area contributed by atoms with E-state index in [2.05, 4.69) is 9.71 Å². The lowest BCUT2D eigenvalue weighted by molar-refractivity contribution is 0.598. The Morgan fingerprint density at radius 3 is 2.12 bits per heavy atom. The van der Waals surface area contributed by atoms with Crippen molar-refractivity contribution < 1.29 is 8.42 Å². The van der Waals surface area contributed by atoms with Crippen LogP contribution in [0.15, 0.2) is 88.2 Å². The molecular weight excluding hydrogens is 368 g/mol. The molecule has 26 heavy (non-hydrogen) atoms. The van der Waals surface area contributed by atoms with Gasteiger partial charge < -0.3 is 5.32 Å². The Balaban J connectivity index is 2.05. The van der Waals surface area contributed by atoms with E-state index >= 15 is 0 Å². The van der Waals surface area contributed by atoms with Gasteiger partial charge >= 0.3 is 0 Å². The van der Waals surface area contributed by atoms with E-state index in [1.165, 1.54) is 12.1 Å². The molecule has 3 rings (SSSR count). The first-order valence-electron chi connectivity index (χ1n) is 7.94.